The zero-order chi connectivity index (χ0) is 17.4. The van der Waals surface area contributed by atoms with Crippen molar-refractivity contribution < 1.29 is 9.21 Å². The second-order valence-corrected chi connectivity index (χ2v) is 7.90. The van der Waals surface area contributed by atoms with Gasteiger partial charge in [-0.2, -0.15) is 11.8 Å². The van der Waals surface area contributed by atoms with Crippen LogP contribution < -0.4 is 5.32 Å². The molecule has 1 fully saturated rings. The Balaban J connectivity index is 1.62. The molecule has 1 aliphatic rings. The highest BCUT2D eigenvalue weighted by Crippen LogP contribution is 2.17. The lowest BCUT2D eigenvalue weighted by Crippen LogP contribution is -2.45. The topological polar surface area (TPSA) is 48.7 Å². The van der Waals surface area contributed by atoms with Crippen LogP contribution in [-0.2, 0) is 17.1 Å². The van der Waals surface area contributed by atoms with Crippen LogP contribution >= 0.6 is 11.8 Å². The summed E-state index contributed by atoms with van der Waals surface area (Å²) in [7, 11) is 6.13. The summed E-state index contributed by atoms with van der Waals surface area (Å²) in [5.74, 6) is 3.96. The Labute approximate surface area is 150 Å². The summed E-state index contributed by atoms with van der Waals surface area (Å²) in [6.07, 6.45) is 4.58. The van der Waals surface area contributed by atoms with E-state index in [1.807, 2.05) is 26.2 Å². The average Bonchev–Trinajstić information content (AvgIpc) is 2.84. The first kappa shape index (κ1) is 19.3. The largest absolute Gasteiger partial charge is 0.464 e. The van der Waals surface area contributed by atoms with Crippen LogP contribution in [0.3, 0.4) is 0 Å². The van der Waals surface area contributed by atoms with Crippen LogP contribution in [0.2, 0.25) is 0 Å². The number of hydrogen-bond acceptors (Lipinski definition) is 5. The normalized spacial score (nSPS) is 19.4. The third-order valence-electron chi connectivity index (χ3n) is 4.30. The van der Waals surface area contributed by atoms with Gasteiger partial charge in [-0.05, 0) is 52.7 Å². The second kappa shape index (κ2) is 10.1. The minimum Gasteiger partial charge on any atom is -0.464 e. The monoisotopic (exact) mass is 353 g/mol. The quantitative estimate of drug-likeness (QED) is 0.728. The van der Waals surface area contributed by atoms with Crippen molar-refractivity contribution in [2.75, 3.05) is 40.0 Å². The first-order chi connectivity index (χ1) is 11.6. The highest BCUT2D eigenvalue weighted by molar-refractivity contribution is 7.98. The number of likely N-dealkylation sites (tertiary alicyclic amines) is 1. The van der Waals surface area contributed by atoms with Crippen molar-refractivity contribution in [2.24, 2.45) is 0 Å². The Bertz CT molecular complexity index is 504. The van der Waals surface area contributed by atoms with Crippen LogP contribution in [0, 0.1) is 0 Å². The van der Waals surface area contributed by atoms with Crippen molar-refractivity contribution >= 4 is 17.7 Å². The van der Waals surface area contributed by atoms with Crippen molar-refractivity contribution in [2.45, 2.75) is 44.0 Å². The molecule has 0 aliphatic carbocycles. The van der Waals surface area contributed by atoms with Crippen LogP contribution in [0.5, 0.6) is 0 Å². The fourth-order valence-electron chi connectivity index (χ4n) is 3.02. The molecule has 136 valence electrons. The molecule has 1 amide bonds. The zero-order valence-electron chi connectivity index (χ0n) is 15.2. The van der Waals surface area contributed by atoms with Gasteiger partial charge in [-0.1, -0.05) is 12.8 Å². The Morgan fingerprint density at radius 2 is 2.12 bits per heavy atom. The predicted octanol–water partition coefficient (Wildman–Crippen LogP) is 2.57. The number of amides is 1. The summed E-state index contributed by atoms with van der Waals surface area (Å²) >= 11 is 1.80. The summed E-state index contributed by atoms with van der Waals surface area (Å²) in [5, 5.41) is 3.09. The van der Waals surface area contributed by atoms with E-state index in [9.17, 15) is 4.79 Å². The Morgan fingerprint density at radius 3 is 2.92 bits per heavy atom. The van der Waals surface area contributed by atoms with Gasteiger partial charge in [0.25, 0.3) is 0 Å². The Hall–Kier alpha value is -0.980. The van der Waals surface area contributed by atoms with Gasteiger partial charge in [-0.15, -0.1) is 0 Å². The summed E-state index contributed by atoms with van der Waals surface area (Å²) < 4.78 is 5.79. The molecule has 0 radical (unpaired) electrons. The van der Waals surface area contributed by atoms with Gasteiger partial charge in [0.1, 0.15) is 11.5 Å². The van der Waals surface area contributed by atoms with E-state index in [-0.39, 0.29) is 11.9 Å². The van der Waals surface area contributed by atoms with E-state index in [0.29, 0.717) is 0 Å². The van der Waals surface area contributed by atoms with E-state index in [2.05, 4.69) is 22.2 Å². The summed E-state index contributed by atoms with van der Waals surface area (Å²) in [6, 6.07) is 4.14. The molecule has 5 nitrogen and oxygen atoms in total. The predicted molar refractivity (Wildman–Crippen MR) is 100 cm³/mol. The number of rotatable bonds is 8. The van der Waals surface area contributed by atoms with Gasteiger partial charge < -0.3 is 14.6 Å². The smallest absolute Gasteiger partial charge is 0.237 e. The number of thioether (sulfide) groups is 1. The fraction of sp³-hybridized carbons (Fsp3) is 0.722. The first-order valence-electron chi connectivity index (χ1n) is 8.84. The minimum absolute atomic E-state index is 0.0520. The molecule has 6 heteroatoms. The maximum absolute atomic E-state index is 12.3. The minimum atomic E-state index is 0.0520. The average molecular weight is 354 g/mol. The summed E-state index contributed by atoms with van der Waals surface area (Å²) in [5.41, 5.74) is 0. The highest BCUT2D eigenvalue weighted by Gasteiger charge is 2.24. The molecule has 0 spiro atoms. The molecular formula is C18H31N3O2S. The maximum Gasteiger partial charge on any atom is 0.237 e. The third-order valence-corrected chi connectivity index (χ3v) is 5.28. The summed E-state index contributed by atoms with van der Waals surface area (Å²) in [6.45, 7) is 2.58. The number of nitrogens with one attached hydrogen (secondary N) is 1. The van der Waals surface area contributed by atoms with Crippen molar-refractivity contribution in [3.05, 3.63) is 23.7 Å². The molecule has 0 saturated carbocycles. The highest BCUT2D eigenvalue weighted by atomic mass is 32.2. The van der Waals surface area contributed by atoms with Crippen molar-refractivity contribution in [3.8, 4) is 0 Å². The molecule has 2 heterocycles. The number of carbonyl (C=O) groups excluding carboxylic acids is 1. The molecule has 0 aromatic carbocycles. The number of hydrogen-bond donors (Lipinski definition) is 1. The van der Waals surface area contributed by atoms with Gasteiger partial charge in [-0.25, -0.2) is 0 Å². The van der Waals surface area contributed by atoms with Crippen LogP contribution in [-0.4, -0.2) is 61.7 Å². The summed E-state index contributed by atoms with van der Waals surface area (Å²) in [4.78, 5) is 16.6. The first-order valence-corrected chi connectivity index (χ1v) is 9.99. The molecule has 24 heavy (non-hydrogen) atoms. The van der Waals surface area contributed by atoms with E-state index in [4.69, 9.17) is 4.42 Å². The van der Waals surface area contributed by atoms with Gasteiger partial charge in [0, 0.05) is 12.3 Å². The second-order valence-electron chi connectivity index (χ2n) is 6.80. The Kier molecular flexibility index (Phi) is 8.15. The number of carbonyl (C=O) groups is 1. The number of nitrogens with zero attached hydrogens (tertiary/aromatic N) is 2. The molecule has 1 unspecified atom stereocenters. The molecule has 1 saturated heterocycles. The lowest BCUT2D eigenvalue weighted by atomic mass is 10.1. The van der Waals surface area contributed by atoms with Crippen molar-refractivity contribution in [1.82, 2.24) is 15.1 Å². The van der Waals surface area contributed by atoms with E-state index < -0.39 is 0 Å². The van der Waals surface area contributed by atoms with Crippen LogP contribution in [0.4, 0.5) is 0 Å². The van der Waals surface area contributed by atoms with Gasteiger partial charge in [0.2, 0.25) is 5.91 Å². The maximum atomic E-state index is 12.3. The van der Waals surface area contributed by atoms with E-state index in [1.165, 1.54) is 12.8 Å². The van der Waals surface area contributed by atoms with Gasteiger partial charge in [-0.3, -0.25) is 9.69 Å². The third kappa shape index (κ3) is 6.49. The molecule has 1 atom stereocenters. The van der Waals surface area contributed by atoms with Crippen molar-refractivity contribution in [3.63, 3.8) is 0 Å². The van der Waals surface area contributed by atoms with Crippen LogP contribution in [0.25, 0.3) is 0 Å². The molecular weight excluding hydrogens is 322 g/mol. The van der Waals surface area contributed by atoms with E-state index in [1.54, 1.807) is 11.8 Å². The van der Waals surface area contributed by atoms with Crippen LogP contribution in [0.15, 0.2) is 16.5 Å². The van der Waals surface area contributed by atoms with Gasteiger partial charge in [0.15, 0.2) is 0 Å². The molecule has 1 N–H and O–H groups in total. The lowest BCUT2D eigenvalue weighted by molar-refractivity contribution is -0.125. The number of likely N-dealkylation sites (N-methyl/N-ethyl adjacent to an activating group) is 1. The van der Waals surface area contributed by atoms with E-state index in [0.717, 1.165) is 55.5 Å². The fourth-order valence-corrected chi connectivity index (χ4v) is 3.76. The zero-order valence-corrected chi connectivity index (χ0v) is 16.0. The van der Waals surface area contributed by atoms with Gasteiger partial charge in [0.05, 0.1) is 18.3 Å². The standard InChI is InChI=1S/C18H31N3O2S/c1-20(2)13-15-8-9-16(23-15)14-24-12-10-19-18(22)17-7-5-4-6-11-21(17)3/h8-9,17H,4-7,10-14H2,1-3H3,(H,19,22). The number of furan rings is 1. The molecule has 2 rings (SSSR count). The van der Waals surface area contributed by atoms with Gasteiger partial charge >= 0.3 is 0 Å². The van der Waals surface area contributed by atoms with Crippen LogP contribution in [0.1, 0.15) is 37.2 Å². The molecule has 1 aliphatic heterocycles. The molecule has 0 bridgehead atoms. The van der Waals surface area contributed by atoms with E-state index >= 15 is 0 Å². The Morgan fingerprint density at radius 1 is 1.33 bits per heavy atom. The molecule has 1 aromatic heterocycles. The van der Waals surface area contributed by atoms with Crippen molar-refractivity contribution in [1.29, 1.82) is 0 Å². The SMILES string of the molecule is CN(C)Cc1ccc(CSCCNC(=O)C2CCCCCN2C)o1. The lowest BCUT2D eigenvalue weighted by Gasteiger charge is -2.24. The molecule has 1 aromatic rings.